The topological polar surface area (TPSA) is 68.3 Å². The number of rotatable bonds is 6. The third-order valence-corrected chi connectivity index (χ3v) is 4.04. The predicted octanol–water partition coefficient (Wildman–Crippen LogP) is 4.61. The highest BCUT2D eigenvalue weighted by molar-refractivity contribution is 5.97. The first-order valence-electron chi connectivity index (χ1n) is 7.98. The standard InChI is InChI=1S/C20H20N2O2/c1-2-18(22-16-6-4-3-5-7-16)15-10-8-14(9-11-15)17-12-13-24-19(17)20(21)23/h3-13,18,22H,2H2,1H3,(H2,21,23). The minimum absolute atomic E-state index is 0.192. The maximum absolute atomic E-state index is 11.4. The van der Waals surface area contributed by atoms with E-state index < -0.39 is 5.91 Å². The number of nitrogens with one attached hydrogen (secondary N) is 1. The molecule has 1 aromatic heterocycles. The molecule has 0 saturated heterocycles. The summed E-state index contributed by atoms with van der Waals surface area (Å²) in [5.74, 6) is -0.367. The molecule has 4 nitrogen and oxygen atoms in total. The molecule has 4 heteroatoms. The van der Waals surface area contributed by atoms with Gasteiger partial charge in [-0.1, -0.05) is 49.4 Å². The first-order valence-corrected chi connectivity index (χ1v) is 7.98. The van der Waals surface area contributed by atoms with Crippen molar-refractivity contribution >= 4 is 11.6 Å². The van der Waals surface area contributed by atoms with E-state index in [1.54, 1.807) is 6.07 Å². The van der Waals surface area contributed by atoms with Crippen LogP contribution in [0.3, 0.4) is 0 Å². The molecule has 3 rings (SSSR count). The zero-order valence-electron chi connectivity index (χ0n) is 13.5. The number of furan rings is 1. The van der Waals surface area contributed by atoms with Gasteiger partial charge in [-0.05, 0) is 35.7 Å². The van der Waals surface area contributed by atoms with Crippen LogP contribution in [0, 0.1) is 0 Å². The second-order valence-corrected chi connectivity index (χ2v) is 5.62. The molecular weight excluding hydrogens is 300 g/mol. The van der Waals surface area contributed by atoms with Gasteiger partial charge in [0.1, 0.15) is 0 Å². The molecule has 0 aliphatic carbocycles. The number of carbonyl (C=O) groups excluding carboxylic acids is 1. The molecule has 0 spiro atoms. The van der Waals surface area contributed by atoms with Crippen molar-refractivity contribution in [3.8, 4) is 11.1 Å². The van der Waals surface area contributed by atoms with Crippen molar-refractivity contribution in [3.05, 3.63) is 78.3 Å². The van der Waals surface area contributed by atoms with Crippen LogP contribution in [0.25, 0.3) is 11.1 Å². The summed E-state index contributed by atoms with van der Waals surface area (Å²) in [6.45, 7) is 2.15. The van der Waals surface area contributed by atoms with Crippen LogP contribution in [0.15, 0.2) is 71.3 Å². The summed E-state index contributed by atoms with van der Waals surface area (Å²) in [7, 11) is 0. The van der Waals surface area contributed by atoms with E-state index in [2.05, 4.69) is 36.5 Å². The van der Waals surface area contributed by atoms with Gasteiger partial charge >= 0.3 is 0 Å². The molecule has 0 fully saturated rings. The van der Waals surface area contributed by atoms with Crippen LogP contribution in [0.2, 0.25) is 0 Å². The number of anilines is 1. The molecule has 24 heavy (non-hydrogen) atoms. The summed E-state index contributed by atoms with van der Waals surface area (Å²) in [6, 6.07) is 20.2. The Bertz CT molecular complexity index is 807. The van der Waals surface area contributed by atoms with E-state index in [1.165, 1.54) is 11.8 Å². The lowest BCUT2D eigenvalue weighted by Crippen LogP contribution is -2.11. The van der Waals surface area contributed by atoms with Gasteiger partial charge in [-0.25, -0.2) is 0 Å². The van der Waals surface area contributed by atoms with E-state index >= 15 is 0 Å². The van der Waals surface area contributed by atoms with Gasteiger partial charge in [0, 0.05) is 11.3 Å². The van der Waals surface area contributed by atoms with Gasteiger partial charge in [0.2, 0.25) is 0 Å². The minimum atomic E-state index is -0.559. The van der Waals surface area contributed by atoms with Gasteiger partial charge in [0.05, 0.1) is 12.3 Å². The van der Waals surface area contributed by atoms with E-state index in [9.17, 15) is 4.79 Å². The summed E-state index contributed by atoms with van der Waals surface area (Å²) < 4.78 is 5.17. The number of amides is 1. The molecule has 0 bridgehead atoms. The van der Waals surface area contributed by atoms with Crippen LogP contribution in [0.5, 0.6) is 0 Å². The largest absolute Gasteiger partial charge is 0.459 e. The normalized spacial score (nSPS) is 11.9. The molecule has 3 N–H and O–H groups in total. The molecule has 1 atom stereocenters. The minimum Gasteiger partial charge on any atom is -0.459 e. The van der Waals surface area contributed by atoms with Crippen molar-refractivity contribution in [2.75, 3.05) is 5.32 Å². The molecule has 0 aliphatic heterocycles. The zero-order valence-corrected chi connectivity index (χ0v) is 13.5. The van der Waals surface area contributed by atoms with Crippen molar-refractivity contribution < 1.29 is 9.21 Å². The lowest BCUT2D eigenvalue weighted by Gasteiger charge is -2.19. The Kier molecular flexibility index (Phi) is 4.66. The highest BCUT2D eigenvalue weighted by Crippen LogP contribution is 2.28. The number of hydrogen-bond donors (Lipinski definition) is 2. The number of primary amides is 1. The van der Waals surface area contributed by atoms with Crippen molar-refractivity contribution in [2.24, 2.45) is 5.73 Å². The van der Waals surface area contributed by atoms with Gasteiger partial charge in [-0.3, -0.25) is 4.79 Å². The van der Waals surface area contributed by atoms with Gasteiger partial charge < -0.3 is 15.5 Å². The van der Waals surface area contributed by atoms with Crippen LogP contribution in [0.4, 0.5) is 5.69 Å². The molecule has 0 saturated carbocycles. The highest BCUT2D eigenvalue weighted by atomic mass is 16.3. The summed E-state index contributed by atoms with van der Waals surface area (Å²) >= 11 is 0. The fraction of sp³-hybridized carbons (Fsp3) is 0.150. The highest BCUT2D eigenvalue weighted by Gasteiger charge is 2.15. The molecule has 2 aromatic carbocycles. The van der Waals surface area contributed by atoms with Gasteiger partial charge in [0.15, 0.2) is 5.76 Å². The van der Waals surface area contributed by atoms with Crippen LogP contribution >= 0.6 is 0 Å². The quantitative estimate of drug-likeness (QED) is 0.697. The van der Waals surface area contributed by atoms with E-state index in [0.29, 0.717) is 0 Å². The molecular formula is C20H20N2O2. The summed E-state index contributed by atoms with van der Waals surface area (Å²) in [5.41, 5.74) is 9.26. The number of para-hydroxylation sites is 1. The summed E-state index contributed by atoms with van der Waals surface area (Å²) in [4.78, 5) is 11.4. The van der Waals surface area contributed by atoms with Crippen LogP contribution in [-0.4, -0.2) is 5.91 Å². The van der Waals surface area contributed by atoms with Crippen molar-refractivity contribution in [1.82, 2.24) is 0 Å². The maximum atomic E-state index is 11.4. The third-order valence-electron chi connectivity index (χ3n) is 4.04. The van der Waals surface area contributed by atoms with E-state index in [0.717, 1.165) is 23.2 Å². The molecule has 1 unspecified atom stereocenters. The maximum Gasteiger partial charge on any atom is 0.285 e. The SMILES string of the molecule is CCC(Nc1ccccc1)c1ccc(-c2ccoc2C(N)=O)cc1. The lowest BCUT2D eigenvalue weighted by molar-refractivity contribution is 0.0975. The molecule has 1 heterocycles. The monoisotopic (exact) mass is 320 g/mol. The molecule has 3 aromatic rings. The summed E-state index contributed by atoms with van der Waals surface area (Å²) in [5, 5.41) is 3.54. The summed E-state index contributed by atoms with van der Waals surface area (Å²) in [6.07, 6.45) is 2.45. The molecule has 1 amide bonds. The third kappa shape index (κ3) is 3.33. The fourth-order valence-corrected chi connectivity index (χ4v) is 2.78. The Labute approximate surface area is 141 Å². The predicted molar refractivity (Wildman–Crippen MR) is 95.8 cm³/mol. The molecule has 0 aliphatic rings. The zero-order chi connectivity index (χ0) is 16.9. The van der Waals surface area contributed by atoms with Crippen LogP contribution in [0.1, 0.15) is 35.5 Å². The smallest absolute Gasteiger partial charge is 0.285 e. The fourth-order valence-electron chi connectivity index (χ4n) is 2.78. The average Bonchev–Trinajstić information content (AvgIpc) is 3.11. The van der Waals surface area contributed by atoms with Gasteiger partial charge in [0.25, 0.3) is 5.91 Å². The second-order valence-electron chi connectivity index (χ2n) is 5.62. The van der Waals surface area contributed by atoms with E-state index in [1.807, 2.05) is 30.3 Å². The first kappa shape index (κ1) is 15.9. The Hall–Kier alpha value is -3.01. The van der Waals surface area contributed by atoms with Crippen molar-refractivity contribution in [1.29, 1.82) is 0 Å². The van der Waals surface area contributed by atoms with E-state index in [4.69, 9.17) is 10.2 Å². The van der Waals surface area contributed by atoms with Gasteiger partial charge in [-0.15, -0.1) is 0 Å². The number of nitrogens with two attached hydrogens (primary N) is 1. The molecule has 122 valence electrons. The van der Waals surface area contributed by atoms with Crippen LogP contribution in [-0.2, 0) is 0 Å². The van der Waals surface area contributed by atoms with Crippen molar-refractivity contribution in [3.63, 3.8) is 0 Å². The number of hydrogen-bond acceptors (Lipinski definition) is 3. The number of carbonyl (C=O) groups is 1. The Morgan fingerprint density at radius 3 is 2.42 bits per heavy atom. The Morgan fingerprint density at radius 2 is 1.79 bits per heavy atom. The lowest BCUT2D eigenvalue weighted by atomic mass is 9.99. The average molecular weight is 320 g/mol. The Balaban J connectivity index is 1.82. The van der Waals surface area contributed by atoms with Crippen LogP contribution < -0.4 is 11.1 Å². The second kappa shape index (κ2) is 7.04. The Morgan fingerprint density at radius 1 is 1.08 bits per heavy atom. The first-order chi connectivity index (χ1) is 11.7. The van der Waals surface area contributed by atoms with Crippen molar-refractivity contribution in [2.45, 2.75) is 19.4 Å². The molecule has 0 radical (unpaired) electrons. The van der Waals surface area contributed by atoms with E-state index in [-0.39, 0.29) is 11.8 Å². The number of benzene rings is 2. The van der Waals surface area contributed by atoms with Gasteiger partial charge in [-0.2, -0.15) is 0 Å².